The highest BCUT2D eigenvalue weighted by molar-refractivity contribution is 6.01. The van der Waals surface area contributed by atoms with E-state index in [0.29, 0.717) is 0 Å². The van der Waals surface area contributed by atoms with Crippen molar-refractivity contribution in [3.05, 3.63) is 249 Å². The Labute approximate surface area is 346 Å². The first-order chi connectivity index (χ1) is 29.3. The van der Waals surface area contributed by atoms with Crippen LogP contribution < -0.4 is 4.90 Å². The molecule has 0 saturated heterocycles. The van der Waals surface area contributed by atoms with E-state index in [9.17, 15) is 0 Å². The van der Waals surface area contributed by atoms with Crippen LogP contribution in [0.15, 0.2) is 249 Å². The molecule has 0 fully saturated rings. The van der Waals surface area contributed by atoms with Crippen LogP contribution >= 0.6 is 0 Å². The second kappa shape index (κ2) is 16.0. The molecule has 0 unspecified atom stereocenters. The first kappa shape index (κ1) is 35.7. The van der Waals surface area contributed by atoms with Crippen LogP contribution in [-0.4, -0.2) is 0 Å². The Morgan fingerprint density at radius 1 is 0.220 bits per heavy atom. The molecule has 0 spiro atoms. The van der Waals surface area contributed by atoms with Crippen molar-refractivity contribution in [1.82, 2.24) is 0 Å². The monoisotopic (exact) mass is 751 g/mol. The van der Waals surface area contributed by atoms with E-state index in [1.165, 1.54) is 77.5 Å². The average Bonchev–Trinajstić information content (AvgIpc) is 3.33. The molecule has 0 aromatic heterocycles. The highest BCUT2D eigenvalue weighted by atomic mass is 15.1. The van der Waals surface area contributed by atoms with Crippen molar-refractivity contribution in [2.24, 2.45) is 0 Å². The molecule has 1 heteroatoms. The van der Waals surface area contributed by atoms with Gasteiger partial charge in [0.05, 0.1) is 5.69 Å². The topological polar surface area (TPSA) is 3.24 Å². The summed E-state index contributed by atoms with van der Waals surface area (Å²) in [6, 6.07) is 89.8. The highest BCUT2D eigenvalue weighted by Gasteiger charge is 2.23. The van der Waals surface area contributed by atoms with Crippen molar-refractivity contribution in [3.8, 4) is 66.8 Å². The first-order valence-corrected chi connectivity index (χ1v) is 20.3. The van der Waals surface area contributed by atoms with E-state index in [1.807, 2.05) is 0 Å². The van der Waals surface area contributed by atoms with Gasteiger partial charge in [-0.2, -0.15) is 0 Å². The van der Waals surface area contributed by atoms with Crippen molar-refractivity contribution in [2.75, 3.05) is 4.90 Å². The Balaban J connectivity index is 1.12. The van der Waals surface area contributed by atoms with Gasteiger partial charge in [0.25, 0.3) is 0 Å². The maximum atomic E-state index is 2.42. The zero-order valence-corrected chi connectivity index (χ0v) is 32.6. The van der Waals surface area contributed by atoms with Crippen LogP contribution in [0.1, 0.15) is 0 Å². The van der Waals surface area contributed by atoms with Crippen molar-refractivity contribution < 1.29 is 0 Å². The van der Waals surface area contributed by atoms with Crippen molar-refractivity contribution in [3.63, 3.8) is 0 Å². The number of rotatable bonds is 9. The summed E-state index contributed by atoms with van der Waals surface area (Å²) in [5.74, 6) is 0. The fourth-order valence-electron chi connectivity index (χ4n) is 8.42. The highest BCUT2D eigenvalue weighted by Crippen LogP contribution is 2.48. The first-order valence-electron chi connectivity index (χ1n) is 20.3. The van der Waals surface area contributed by atoms with E-state index in [2.05, 4.69) is 254 Å². The lowest BCUT2D eigenvalue weighted by Crippen LogP contribution is -2.12. The molecule has 0 aliphatic heterocycles. The van der Waals surface area contributed by atoms with Gasteiger partial charge in [-0.25, -0.2) is 0 Å². The normalized spacial score (nSPS) is 11.1. The van der Waals surface area contributed by atoms with Gasteiger partial charge >= 0.3 is 0 Å². The molecule has 0 saturated carbocycles. The Hall–Kier alpha value is -7.74. The second-order valence-corrected chi connectivity index (χ2v) is 14.9. The van der Waals surface area contributed by atoms with Gasteiger partial charge in [0.15, 0.2) is 0 Å². The van der Waals surface area contributed by atoms with Crippen LogP contribution in [0.3, 0.4) is 0 Å². The summed E-state index contributed by atoms with van der Waals surface area (Å²) >= 11 is 0. The summed E-state index contributed by atoms with van der Waals surface area (Å²) in [5, 5.41) is 2.52. The molecule has 278 valence electrons. The van der Waals surface area contributed by atoms with Gasteiger partial charge in [-0.15, -0.1) is 0 Å². The number of hydrogen-bond donors (Lipinski definition) is 0. The van der Waals surface area contributed by atoms with E-state index in [4.69, 9.17) is 0 Å². The maximum Gasteiger partial charge on any atom is 0.0546 e. The lowest BCUT2D eigenvalue weighted by molar-refractivity contribution is 1.28. The van der Waals surface area contributed by atoms with Crippen molar-refractivity contribution in [1.29, 1.82) is 0 Å². The van der Waals surface area contributed by atoms with Gasteiger partial charge in [-0.05, 0) is 102 Å². The van der Waals surface area contributed by atoms with Gasteiger partial charge in [-0.1, -0.05) is 218 Å². The van der Waals surface area contributed by atoms with E-state index in [-0.39, 0.29) is 0 Å². The van der Waals surface area contributed by atoms with Gasteiger partial charge in [0.1, 0.15) is 0 Å². The third kappa shape index (κ3) is 7.12. The van der Waals surface area contributed by atoms with Crippen LogP contribution in [-0.2, 0) is 0 Å². The fraction of sp³-hybridized carbons (Fsp3) is 0. The quantitative estimate of drug-likeness (QED) is 0.142. The van der Waals surface area contributed by atoms with Crippen LogP contribution in [0.4, 0.5) is 17.1 Å². The third-order valence-electron chi connectivity index (χ3n) is 11.3. The molecule has 1 nitrogen and oxygen atoms in total. The summed E-state index contributed by atoms with van der Waals surface area (Å²) in [6.07, 6.45) is 0. The molecule has 0 atom stereocenters. The van der Waals surface area contributed by atoms with Crippen molar-refractivity contribution in [2.45, 2.75) is 0 Å². The van der Waals surface area contributed by atoms with Gasteiger partial charge < -0.3 is 4.90 Å². The number of benzene rings is 10. The predicted molar refractivity (Wildman–Crippen MR) is 251 cm³/mol. The fourth-order valence-corrected chi connectivity index (χ4v) is 8.42. The lowest BCUT2D eigenvalue weighted by atomic mass is 9.87. The minimum absolute atomic E-state index is 1.08. The largest absolute Gasteiger partial charge is 0.310 e. The predicted octanol–water partition coefficient (Wildman–Crippen LogP) is 16.3. The zero-order chi connectivity index (χ0) is 39.4. The standard InChI is InChI=1S/C58H41N/c1-4-16-42(17-5-1)44-34-38-50(39-35-44)59(51-40-36-45(37-41-51)43-30-32-49(33-31-43)53-27-14-23-47-22-10-11-24-52(47)53)57-29-15-28-55(48-20-8-3-9-21-48)58(57)56-26-13-12-25-54(56)46-18-6-2-7-19-46/h1-41H. The number of fused-ring (bicyclic) bond motifs is 1. The molecule has 10 aromatic rings. The number of nitrogens with zero attached hydrogens (tertiary/aromatic N) is 1. The second-order valence-electron chi connectivity index (χ2n) is 14.9. The lowest BCUT2D eigenvalue weighted by Gasteiger charge is -2.30. The van der Waals surface area contributed by atoms with E-state index in [1.54, 1.807) is 0 Å². The summed E-state index contributed by atoms with van der Waals surface area (Å²) < 4.78 is 0. The van der Waals surface area contributed by atoms with Gasteiger partial charge in [-0.3, -0.25) is 0 Å². The molecule has 0 amide bonds. The van der Waals surface area contributed by atoms with E-state index >= 15 is 0 Å². The minimum Gasteiger partial charge on any atom is -0.310 e. The summed E-state index contributed by atoms with van der Waals surface area (Å²) in [5.41, 5.74) is 17.6. The van der Waals surface area contributed by atoms with Crippen LogP contribution in [0.2, 0.25) is 0 Å². The van der Waals surface area contributed by atoms with Gasteiger partial charge in [0, 0.05) is 16.9 Å². The van der Waals surface area contributed by atoms with Crippen LogP contribution in [0, 0.1) is 0 Å². The Morgan fingerprint density at radius 3 is 1.20 bits per heavy atom. The molecule has 0 aliphatic carbocycles. The average molecular weight is 752 g/mol. The molecular formula is C58H41N. The summed E-state index contributed by atoms with van der Waals surface area (Å²) in [4.78, 5) is 2.42. The van der Waals surface area contributed by atoms with Crippen molar-refractivity contribution >= 4 is 27.8 Å². The molecule has 0 heterocycles. The van der Waals surface area contributed by atoms with E-state index < -0.39 is 0 Å². The summed E-state index contributed by atoms with van der Waals surface area (Å²) in [6.45, 7) is 0. The number of anilines is 3. The molecular weight excluding hydrogens is 711 g/mol. The van der Waals surface area contributed by atoms with Crippen LogP contribution in [0.5, 0.6) is 0 Å². The van der Waals surface area contributed by atoms with Crippen LogP contribution in [0.25, 0.3) is 77.5 Å². The molecule has 0 bridgehead atoms. The molecule has 0 N–H and O–H groups in total. The SMILES string of the molecule is c1ccc(-c2ccc(N(c3ccc(-c4ccc(-c5cccc6ccccc56)cc4)cc3)c3cccc(-c4ccccc4)c3-c3ccccc3-c3ccccc3)cc2)cc1. The number of hydrogen-bond acceptors (Lipinski definition) is 1. The van der Waals surface area contributed by atoms with E-state index in [0.717, 1.165) is 17.1 Å². The molecule has 0 aliphatic rings. The molecule has 59 heavy (non-hydrogen) atoms. The Morgan fingerprint density at radius 2 is 0.593 bits per heavy atom. The Kier molecular flexibility index (Phi) is 9.68. The molecule has 10 rings (SSSR count). The molecule has 0 radical (unpaired) electrons. The third-order valence-corrected chi connectivity index (χ3v) is 11.3. The summed E-state index contributed by atoms with van der Waals surface area (Å²) in [7, 11) is 0. The van der Waals surface area contributed by atoms with Gasteiger partial charge in [0.2, 0.25) is 0 Å². The molecule has 10 aromatic carbocycles. The minimum atomic E-state index is 1.08. The zero-order valence-electron chi connectivity index (χ0n) is 32.6. The maximum absolute atomic E-state index is 2.42. The smallest absolute Gasteiger partial charge is 0.0546 e. The Bertz CT molecular complexity index is 2980.